The van der Waals surface area contributed by atoms with Gasteiger partial charge in [0, 0.05) is 0 Å². The molecule has 1 unspecified atom stereocenters. The number of carbonyl (C=O) groups is 2. The van der Waals surface area contributed by atoms with Crippen LogP contribution in [0.5, 0.6) is 5.75 Å². The zero-order chi connectivity index (χ0) is 16.1. The maximum Gasteiger partial charge on any atom is 0.330 e. The van der Waals surface area contributed by atoms with Crippen LogP contribution in [0.25, 0.3) is 0 Å². The number of rotatable bonds is 5. The van der Waals surface area contributed by atoms with E-state index in [9.17, 15) is 14.7 Å². The summed E-state index contributed by atoms with van der Waals surface area (Å²) in [6, 6.07) is 15.4. The van der Waals surface area contributed by atoms with Gasteiger partial charge in [-0.05, 0) is 29.2 Å². The molecule has 4 heteroatoms. The van der Waals surface area contributed by atoms with Gasteiger partial charge in [0.05, 0.1) is 0 Å². The first kappa shape index (κ1) is 15.8. The topological polar surface area (TPSA) is 63.6 Å². The highest BCUT2D eigenvalue weighted by Gasteiger charge is 2.30. The molecule has 0 spiro atoms. The summed E-state index contributed by atoms with van der Waals surface area (Å²) in [4.78, 5) is 23.5. The van der Waals surface area contributed by atoms with Crippen LogP contribution >= 0.6 is 0 Å². The number of carbonyl (C=O) groups excluding carboxylic acids is 1. The van der Waals surface area contributed by atoms with Crippen LogP contribution in [0.1, 0.15) is 36.8 Å². The van der Waals surface area contributed by atoms with Gasteiger partial charge in [0.2, 0.25) is 0 Å². The maximum atomic E-state index is 12.2. The molecule has 2 rings (SSSR count). The van der Waals surface area contributed by atoms with Gasteiger partial charge in [0.25, 0.3) is 0 Å². The number of aliphatic carboxylic acids is 1. The summed E-state index contributed by atoms with van der Waals surface area (Å²) in [6.45, 7) is 4.13. The van der Waals surface area contributed by atoms with Gasteiger partial charge in [-0.2, -0.15) is 0 Å². The zero-order valence-corrected chi connectivity index (χ0v) is 12.5. The molecule has 114 valence electrons. The molecule has 2 aromatic carbocycles. The number of carboxylic acid groups (broad SMARTS) is 1. The molecular formula is C18H18O4. The smallest absolute Gasteiger partial charge is 0.330 e. The van der Waals surface area contributed by atoms with E-state index >= 15 is 0 Å². The minimum atomic E-state index is -1.33. The largest absolute Gasteiger partial charge is 0.480 e. The van der Waals surface area contributed by atoms with Crippen molar-refractivity contribution in [3.8, 4) is 5.75 Å². The summed E-state index contributed by atoms with van der Waals surface area (Å²) in [6.07, 6.45) is 0. The van der Waals surface area contributed by atoms with Crippen molar-refractivity contribution in [1.29, 1.82) is 0 Å². The van der Waals surface area contributed by atoms with Crippen LogP contribution in [0.15, 0.2) is 54.6 Å². The highest BCUT2D eigenvalue weighted by molar-refractivity contribution is 6.00. The predicted molar refractivity (Wildman–Crippen MR) is 83.0 cm³/mol. The first-order valence-electron chi connectivity index (χ1n) is 7.08. The summed E-state index contributed by atoms with van der Waals surface area (Å²) in [5, 5.41) is 9.29. The van der Waals surface area contributed by atoms with Crippen molar-refractivity contribution in [3.63, 3.8) is 0 Å². The van der Waals surface area contributed by atoms with Gasteiger partial charge in [-0.25, -0.2) is 0 Å². The molecule has 0 aromatic heterocycles. The van der Waals surface area contributed by atoms with Crippen LogP contribution < -0.4 is 4.74 Å². The molecular weight excluding hydrogens is 280 g/mol. The number of hydrogen-bond acceptors (Lipinski definition) is 3. The second-order valence-corrected chi connectivity index (χ2v) is 5.33. The molecule has 0 bridgehead atoms. The summed E-state index contributed by atoms with van der Waals surface area (Å²) in [5.41, 5.74) is 1.52. The minimum Gasteiger partial charge on any atom is -0.480 e. The zero-order valence-electron chi connectivity index (χ0n) is 12.5. The number of ether oxygens (including phenoxy) is 1. The van der Waals surface area contributed by atoms with E-state index in [-0.39, 0.29) is 0 Å². The van der Waals surface area contributed by atoms with Crippen molar-refractivity contribution in [3.05, 3.63) is 65.7 Å². The second kappa shape index (κ2) is 6.89. The fraction of sp³-hybridized carbons (Fsp3) is 0.222. The molecule has 0 saturated carbocycles. The average Bonchev–Trinajstić information content (AvgIpc) is 2.48. The van der Waals surface area contributed by atoms with Gasteiger partial charge in [-0.15, -0.1) is 0 Å². The Morgan fingerprint density at radius 1 is 0.909 bits per heavy atom. The number of carboxylic acids is 1. The lowest BCUT2D eigenvalue weighted by molar-refractivity contribution is -0.148. The third-order valence-electron chi connectivity index (χ3n) is 3.38. The Kier molecular flexibility index (Phi) is 4.94. The average molecular weight is 298 g/mol. The quantitative estimate of drug-likeness (QED) is 0.520. The lowest BCUT2D eigenvalue weighted by atomic mass is 9.99. The molecule has 0 heterocycles. The molecule has 0 amide bonds. The van der Waals surface area contributed by atoms with E-state index < -0.39 is 17.9 Å². The Bertz CT molecular complexity index is 645. The molecule has 0 radical (unpaired) electrons. The first-order valence-corrected chi connectivity index (χ1v) is 7.08. The van der Waals surface area contributed by atoms with E-state index in [4.69, 9.17) is 4.74 Å². The van der Waals surface area contributed by atoms with Crippen molar-refractivity contribution in [2.45, 2.75) is 25.7 Å². The Hall–Kier alpha value is -2.62. The molecule has 0 aliphatic carbocycles. The van der Waals surface area contributed by atoms with Crippen LogP contribution in [0, 0.1) is 0 Å². The maximum absolute atomic E-state index is 12.2. The summed E-state index contributed by atoms with van der Waals surface area (Å²) in [7, 11) is 0. The van der Waals surface area contributed by atoms with E-state index in [2.05, 4.69) is 13.8 Å². The van der Waals surface area contributed by atoms with Crippen molar-refractivity contribution in [2.75, 3.05) is 0 Å². The van der Waals surface area contributed by atoms with E-state index in [0.29, 0.717) is 17.2 Å². The van der Waals surface area contributed by atoms with Crippen LogP contribution in [0.4, 0.5) is 0 Å². The highest BCUT2D eigenvalue weighted by atomic mass is 16.5. The molecule has 4 nitrogen and oxygen atoms in total. The van der Waals surface area contributed by atoms with E-state index in [1.807, 2.05) is 12.1 Å². The Labute approximate surface area is 129 Å². The molecule has 0 aliphatic rings. The van der Waals surface area contributed by atoms with Crippen LogP contribution in [0.2, 0.25) is 0 Å². The summed E-state index contributed by atoms with van der Waals surface area (Å²) < 4.78 is 5.21. The number of benzene rings is 2. The highest BCUT2D eigenvalue weighted by Crippen LogP contribution is 2.22. The molecule has 0 aliphatic heterocycles. The Morgan fingerprint density at radius 3 is 2.00 bits per heavy atom. The minimum absolute atomic E-state index is 0.344. The van der Waals surface area contributed by atoms with Gasteiger partial charge in [-0.1, -0.05) is 56.3 Å². The van der Waals surface area contributed by atoms with Crippen molar-refractivity contribution in [1.82, 2.24) is 0 Å². The monoisotopic (exact) mass is 298 g/mol. The molecule has 0 fully saturated rings. The second-order valence-electron chi connectivity index (χ2n) is 5.33. The Morgan fingerprint density at radius 2 is 1.50 bits per heavy atom. The standard InChI is InChI=1S/C18H18O4/c1-12(2)13-8-10-15(11-9-13)22-18(21)16(17(19)20)14-6-4-3-5-7-14/h3-12,16H,1-2H3,(H,19,20). The van der Waals surface area contributed by atoms with E-state index in [1.54, 1.807) is 42.5 Å². The van der Waals surface area contributed by atoms with Crippen molar-refractivity contribution in [2.24, 2.45) is 0 Å². The fourth-order valence-corrected chi connectivity index (χ4v) is 2.12. The predicted octanol–water partition coefficient (Wildman–Crippen LogP) is 3.58. The van der Waals surface area contributed by atoms with Crippen molar-refractivity contribution < 1.29 is 19.4 Å². The lowest BCUT2D eigenvalue weighted by Gasteiger charge is -2.13. The molecule has 1 N–H and O–H groups in total. The lowest BCUT2D eigenvalue weighted by Crippen LogP contribution is -2.25. The SMILES string of the molecule is CC(C)c1ccc(OC(=O)C(C(=O)O)c2ccccc2)cc1. The first-order chi connectivity index (χ1) is 10.5. The van der Waals surface area contributed by atoms with Gasteiger partial charge < -0.3 is 9.84 Å². The van der Waals surface area contributed by atoms with E-state index in [0.717, 1.165) is 5.56 Å². The van der Waals surface area contributed by atoms with E-state index in [1.165, 1.54) is 0 Å². The Balaban J connectivity index is 2.17. The summed E-state index contributed by atoms with van der Waals surface area (Å²) in [5.74, 6) is -2.63. The third kappa shape index (κ3) is 3.73. The molecule has 1 atom stereocenters. The van der Waals surface area contributed by atoms with Gasteiger partial charge in [0.1, 0.15) is 5.75 Å². The third-order valence-corrected chi connectivity index (χ3v) is 3.38. The normalized spacial score (nSPS) is 12.0. The van der Waals surface area contributed by atoms with Gasteiger partial charge in [-0.3, -0.25) is 9.59 Å². The van der Waals surface area contributed by atoms with Crippen LogP contribution in [-0.2, 0) is 9.59 Å². The van der Waals surface area contributed by atoms with Gasteiger partial charge in [0.15, 0.2) is 5.92 Å². The number of hydrogen-bond donors (Lipinski definition) is 1. The molecule has 2 aromatic rings. The number of esters is 1. The summed E-state index contributed by atoms with van der Waals surface area (Å²) >= 11 is 0. The van der Waals surface area contributed by atoms with Crippen LogP contribution in [-0.4, -0.2) is 17.0 Å². The van der Waals surface area contributed by atoms with Crippen LogP contribution in [0.3, 0.4) is 0 Å². The van der Waals surface area contributed by atoms with Gasteiger partial charge >= 0.3 is 11.9 Å². The molecule has 0 saturated heterocycles. The van der Waals surface area contributed by atoms with Crippen molar-refractivity contribution >= 4 is 11.9 Å². The molecule has 22 heavy (non-hydrogen) atoms. The fourth-order valence-electron chi connectivity index (χ4n) is 2.12.